The van der Waals surface area contributed by atoms with Gasteiger partial charge in [-0.2, -0.15) is 0 Å². The van der Waals surface area contributed by atoms with E-state index < -0.39 is 5.63 Å². The summed E-state index contributed by atoms with van der Waals surface area (Å²) in [6.45, 7) is 9.49. The average Bonchev–Trinajstić information content (AvgIpc) is 3.23. The van der Waals surface area contributed by atoms with Crippen LogP contribution in [0.5, 0.6) is 17.2 Å². The van der Waals surface area contributed by atoms with E-state index in [0.29, 0.717) is 46.8 Å². The van der Waals surface area contributed by atoms with Crippen molar-refractivity contribution in [3.63, 3.8) is 0 Å². The van der Waals surface area contributed by atoms with E-state index in [4.69, 9.17) is 23.4 Å². The van der Waals surface area contributed by atoms with Gasteiger partial charge >= 0.3 is 5.63 Å². The minimum atomic E-state index is -0.441. The van der Waals surface area contributed by atoms with Crippen LogP contribution in [0.2, 0.25) is 0 Å². The zero-order valence-electron chi connectivity index (χ0n) is 19.9. The Morgan fingerprint density at radius 2 is 1.97 bits per heavy atom. The molecule has 4 rings (SSSR count). The maximum absolute atomic E-state index is 11.7. The highest BCUT2D eigenvalue weighted by Crippen LogP contribution is 2.59. The van der Waals surface area contributed by atoms with Gasteiger partial charge in [0.25, 0.3) is 0 Å². The predicted molar refractivity (Wildman–Crippen MR) is 124 cm³/mol. The molecule has 2 fully saturated rings. The molecule has 3 atom stereocenters. The first-order chi connectivity index (χ1) is 15.2. The Morgan fingerprint density at radius 3 is 2.62 bits per heavy atom. The molecular formula is C26H34O6. The van der Waals surface area contributed by atoms with Gasteiger partial charge in [-0.3, -0.25) is 0 Å². The molecule has 6 heteroatoms. The molecule has 2 aliphatic rings. The van der Waals surface area contributed by atoms with E-state index in [2.05, 4.69) is 33.8 Å². The van der Waals surface area contributed by atoms with Crippen LogP contribution in [0, 0.1) is 11.3 Å². The standard InChI is InChI=1S/C26H34O6/c1-16(7-9-19-25(2,3)20-11-13-26(19,4)32-20)12-14-30-23-18(28-5)15-17-8-10-21(27)31-22(17)24(23)29-6/h8,10,12,15,19-20H,7,9,11,13-14H2,1-6H3/b16-12+. The lowest BCUT2D eigenvalue weighted by atomic mass is 9.62. The monoisotopic (exact) mass is 442 g/mol. The van der Waals surface area contributed by atoms with Crippen LogP contribution in [-0.4, -0.2) is 32.5 Å². The number of benzene rings is 1. The molecule has 2 bridgehead atoms. The summed E-state index contributed by atoms with van der Waals surface area (Å²) in [7, 11) is 3.10. The SMILES string of the molecule is COc1cc2ccc(=O)oc2c(OC)c1OC/C=C(\C)CCC1C2(C)CCC(O2)C1(C)C. The molecule has 3 unspecified atom stereocenters. The summed E-state index contributed by atoms with van der Waals surface area (Å²) in [6, 6.07) is 4.84. The largest absolute Gasteiger partial charge is 0.493 e. The van der Waals surface area contributed by atoms with Crippen molar-refractivity contribution in [2.75, 3.05) is 20.8 Å². The van der Waals surface area contributed by atoms with Crippen LogP contribution >= 0.6 is 0 Å². The minimum Gasteiger partial charge on any atom is -0.493 e. The number of hydrogen-bond acceptors (Lipinski definition) is 6. The fourth-order valence-electron chi connectivity index (χ4n) is 5.68. The maximum atomic E-state index is 11.7. The Labute approximate surface area is 189 Å². The lowest BCUT2D eigenvalue weighted by Crippen LogP contribution is -2.40. The molecule has 2 aliphatic heterocycles. The van der Waals surface area contributed by atoms with Crippen LogP contribution < -0.4 is 19.8 Å². The first-order valence-electron chi connectivity index (χ1n) is 11.3. The molecule has 2 aromatic rings. The maximum Gasteiger partial charge on any atom is 0.336 e. The molecular weight excluding hydrogens is 408 g/mol. The number of hydrogen-bond donors (Lipinski definition) is 0. The summed E-state index contributed by atoms with van der Waals surface area (Å²) in [5.74, 6) is 1.87. The second-order valence-electron chi connectivity index (χ2n) is 9.85. The topological polar surface area (TPSA) is 67.1 Å². The Bertz CT molecular complexity index is 1080. The van der Waals surface area contributed by atoms with E-state index in [9.17, 15) is 4.79 Å². The van der Waals surface area contributed by atoms with Gasteiger partial charge in [0, 0.05) is 11.5 Å². The zero-order chi connectivity index (χ0) is 23.1. The molecule has 0 N–H and O–H groups in total. The van der Waals surface area contributed by atoms with Gasteiger partial charge in [-0.15, -0.1) is 0 Å². The summed E-state index contributed by atoms with van der Waals surface area (Å²) < 4.78 is 28.8. The van der Waals surface area contributed by atoms with E-state index in [-0.39, 0.29) is 11.0 Å². The molecule has 2 saturated heterocycles. The second kappa shape index (κ2) is 8.47. The number of methoxy groups -OCH3 is 2. The van der Waals surface area contributed by atoms with Crippen molar-refractivity contribution in [2.24, 2.45) is 11.3 Å². The van der Waals surface area contributed by atoms with E-state index in [0.717, 1.165) is 19.3 Å². The van der Waals surface area contributed by atoms with Gasteiger partial charge in [-0.25, -0.2) is 4.79 Å². The summed E-state index contributed by atoms with van der Waals surface area (Å²) in [5.41, 5.74) is 1.42. The van der Waals surface area contributed by atoms with Crippen molar-refractivity contribution < 1.29 is 23.4 Å². The van der Waals surface area contributed by atoms with Gasteiger partial charge in [0.1, 0.15) is 6.61 Å². The van der Waals surface area contributed by atoms with Gasteiger partial charge in [0.05, 0.1) is 25.9 Å². The number of ether oxygens (including phenoxy) is 4. The fourth-order valence-corrected chi connectivity index (χ4v) is 5.68. The summed E-state index contributed by atoms with van der Waals surface area (Å²) in [5, 5.41) is 0.710. The second-order valence-corrected chi connectivity index (χ2v) is 9.85. The molecule has 3 heterocycles. The molecule has 0 radical (unpaired) electrons. The van der Waals surface area contributed by atoms with Gasteiger partial charge < -0.3 is 23.4 Å². The van der Waals surface area contributed by atoms with Crippen molar-refractivity contribution >= 4 is 11.0 Å². The van der Waals surface area contributed by atoms with Crippen molar-refractivity contribution in [1.29, 1.82) is 0 Å². The molecule has 0 spiro atoms. The van der Waals surface area contributed by atoms with E-state index in [1.165, 1.54) is 25.2 Å². The Kier molecular flexibility index (Phi) is 6.01. The van der Waals surface area contributed by atoms with Crippen molar-refractivity contribution in [3.05, 3.63) is 40.3 Å². The van der Waals surface area contributed by atoms with Crippen molar-refractivity contribution in [1.82, 2.24) is 0 Å². The highest BCUT2D eigenvalue weighted by molar-refractivity contribution is 5.88. The third kappa shape index (κ3) is 3.90. The average molecular weight is 443 g/mol. The molecule has 0 aliphatic carbocycles. The molecule has 174 valence electrons. The molecule has 0 saturated carbocycles. The normalized spacial score (nSPS) is 26.5. The minimum absolute atomic E-state index is 0.0146. The predicted octanol–water partition coefficient (Wildman–Crippen LogP) is 5.51. The first kappa shape index (κ1) is 22.7. The zero-order valence-corrected chi connectivity index (χ0v) is 19.9. The molecule has 6 nitrogen and oxygen atoms in total. The summed E-state index contributed by atoms with van der Waals surface area (Å²) in [6.07, 6.45) is 6.93. The third-order valence-electron chi connectivity index (χ3n) is 7.48. The van der Waals surface area contributed by atoms with Gasteiger partial charge in [0.15, 0.2) is 11.3 Å². The Balaban J connectivity index is 1.46. The smallest absolute Gasteiger partial charge is 0.336 e. The van der Waals surface area contributed by atoms with Crippen LogP contribution in [0.1, 0.15) is 53.4 Å². The summed E-state index contributed by atoms with van der Waals surface area (Å²) in [4.78, 5) is 11.7. The molecule has 32 heavy (non-hydrogen) atoms. The van der Waals surface area contributed by atoms with Crippen LogP contribution in [0.15, 0.2) is 39.1 Å². The lowest BCUT2D eigenvalue weighted by molar-refractivity contribution is 0.00469. The third-order valence-corrected chi connectivity index (χ3v) is 7.48. The number of allylic oxidation sites excluding steroid dienone is 1. The first-order valence-corrected chi connectivity index (χ1v) is 11.3. The fraction of sp³-hybridized carbons (Fsp3) is 0.577. The van der Waals surface area contributed by atoms with Gasteiger partial charge in [0.2, 0.25) is 11.5 Å². The summed E-state index contributed by atoms with van der Waals surface area (Å²) >= 11 is 0. The van der Waals surface area contributed by atoms with Crippen LogP contribution in [0.3, 0.4) is 0 Å². The molecule has 1 aromatic heterocycles. The molecule has 0 amide bonds. The van der Waals surface area contributed by atoms with Crippen molar-refractivity contribution in [2.45, 2.75) is 65.1 Å². The van der Waals surface area contributed by atoms with Gasteiger partial charge in [-0.1, -0.05) is 19.4 Å². The van der Waals surface area contributed by atoms with Gasteiger partial charge in [-0.05, 0) is 69.1 Å². The number of rotatable bonds is 8. The highest BCUT2D eigenvalue weighted by Gasteiger charge is 2.60. The Hall–Kier alpha value is -2.47. The number of fused-ring (bicyclic) bond motifs is 3. The van der Waals surface area contributed by atoms with E-state index in [1.807, 2.05) is 0 Å². The Morgan fingerprint density at radius 1 is 1.19 bits per heavy atom. The van der Waals surface area contributed by atoms with E-state index >= 15 is 0 Å². The van der Waals surface area contributed by atoms with Crippen LogP contribution in [0.25, 0.3) is 11.0 Å². The van der Waals surface area contributed by atoms with Crippen molar-refractivity contribution in [3.8, 4) is 17.2 Å². The lowest BCUT2D eigenvalue weighted by Gasteiger charge is -2.39. The van der Waals surface area contributed by atoms with Crippen LogP contribution in [-0.2, 0) is 4.74 Å². The van der Waals surface area contributed by atoms with Crippen LogP contribution in [0.4, 0.5) is 0 Å². The quantitative estimate of drug-likeness (QED) is 0.397. The highest BCUT2D eigenvalue weighted by atomic mass is 16.5. The molecule has 1 aromatic carbocycles. The van der Waals surface area contributed by atoms with E-state index in [1.54, 1.807) is 19.2 Å².